The largest absolute Gasteiger partial charge is 0.394 e. The molecule has 5 nitrogen and oxygen atoms in total. The minimum absolute atomic E-state index is 0.0178. The Kier molecular flexibility index (Phi) is 1.50. The summed E-state index contributed by atoms with van der Waals surface area (Å²) in [5.41, 5.74) is -2.45. The third-order valence-corrected chi connectivity index (χ3v) is 6.45. The standard InChI is InChI=1S/C15H17NO4/c1-12-3-4-13(2,20-12)15-8(9(12)15)10(18)16(11(15)19)14(7-17)5-6-14/h3-4,8-9,17H,5-7H2,1-2H3. The molecule has 106 valence electrons. The van der Waals surface area contributed by atoms with Gasteiger partial charge < -0.3 is 9.84 Å². The molecule has 2 aliphatic carbocycles. The Hall–Kier alpha value is -1.20. The van der Waals surface area contributed by atoms with Gasteiger partial charge in [-0.2, -0.15) is 0 Å². The van der Waals surface area contributed by atoms with Crippen LogP contribution in [0, 0.1) is 17.3 Å². The lowest BCUT2D eigenvalue weighted by Gasteiger charge is -2.31. The van der Waals surface area contributed by atoms with Crippen molar-refractivity contribution < 1.29 is 19.4 Å². The molecule has 2 amide bonds. The fraction of sp³-hybridized carbons (Fsp3) is 0.733. The number of carbonyl (C=O) groups excluding carboxylic acids is 2. The zero-order chi connectivity index (χ0) is 14.1. The highest BCUT2D eigenvalue weighted by atomic mass is 16.5. The van der Waals surface area contributed by atoms with Gasteiger partial charge in [0.1, 0.15) is 11.0 Å². The molecule has 5 heteroatoms. The number of nitrogens with zero attached hydrogens (tertiary/aromatic N) is 1. The van der Waals surface area contributed by atoms with Crippen LogP contribution >= 0.6 is 0 Å². The SMILES string of the molecule is CC12C=CC(C)(O1)C13C(=O)N(C4(CO)CC4)C(=O)C1C23. The molecular weight excluding hydrogens is 258 g/mol. The van der Waals surface area contributed by atoms with Crippen LogP contribution < -0.4 is 0 Å². The van der Waals surface area contributed by atoms with Gasteiger partial charge in [0, 0.05) is 5.92 Å². The minimum Gasteiger partial charge on any atom is -0.394 e. The van der Waals surface area contributed by atoms with Crippen LogP contribution in [-0.4, -0.2) is 45.2 Å². The normalized spacial score (nSPS) is 56.2. The number of piperidine rings is 1. The van der Waals surface area contributed by atoms with Gasteiger partial charge in [-0.3, -0.25) is 14.5 Å². The molecule has 0 aromatic carbocycles. The molecule has 5 aliphatic rings. The molecule has 2 bridgehead atoms. The third-order valence-electron chi connectivity index (χ3n) is 6.45. The van der Waals surface area contributed by atoms with Crippen molar-refractivity contribution in [1.29, 1.82) is 0 Å². The van der Waals surface area contributed by atoms with Gasteiger partial charge in [-0.1, -0.05) is 12.2 Å². The number of hydrogen-bond donors (Lipinski definition) is 1. The van der Waals surface area contributed by atoms with Crippen LogP contribution in [0.4, 0.5) is 0 Å². The molecule has 3 heterocycles. The number of amides is 2. The Morgan fingerprint density at radius 2 is 2.05 bits per heavy atom. The monoisotopic (exact) mass is 275 g/mol. The van der Waals surface area contributed by atoms with Crippen molar-refractivity contribution in [3.05, 3.63) is 12.2 Å². The van der Waals surface area contributed by atoms with Gasteiger partial charge in [-0.05, 0) is 26.7 Å². The van der Waals surface area contributed by atoms with Crippen molar-refractivity contribution >= 4 is 11.8 Å². The van der Waals surface area contributed by atoms with E-state index in [-0.39, 0.29) is 30.3 Å². The molecule has 2 saturated carbocycles. The van der Waals surface area contributed by atoms with E-state index < -0.39 is 22.2 Å². The lowest BCUT2D eigenvalue weighted by atomic mass is 9.79. The zero-order valence-electron chi connectivity index (χ0n) is 11.5. The molecule has 2 saturated heterocycles. The van der Waals surface area contributed by atoms with E-state index in [1.165, 1.54) is 4.90 Å². The highest BCUT2D eigenvalue weighted by molar-refractivity contribution is 6.15. The van der Waals surface area contributed by atoms with Gasteiger partial charge in [0.05, 0.1) is 23.7 Å². The predicted molar refractivity (Wildman–Crippen MR) is 67.4 cm³/mol. The van der Waals surface area contributed by atoms with Crippen molar-refractivity contribution in [1.82, 2.24) is 4.90 Å². The van der Waals surface area contributed by atoms with E-state index in [2.05, 4.69) is 0 Å². The molecule has 0 aromatic rings. The second kappa shape index (κ2) is 2.62. The number of carbonyl (C=O) groups is 2. The summed E-state index contributed by atoms with van der Waals surface area (Å²) >= 11 is 0. The fourth-order valence-electron chi connectivity index (χ4n) is 5.31. The first-order chi connectivity index (χ1) is 9.36. The minimum atomic E-state index is -0.696. The molecular formula is C15H17NO4. The maximum atomic E-state index is 13.0. The van der Waals surface area contributed by atoms with E-state index in [1.54, 1.807) is 0 Å². The maximum absolute atomic E-state index is 13.0. The number of aliphatic hydroxyl groups is 1. The van der Waals surface area contributed by atoms with Crippen molar-refractivity contribution in [2.24, 2.45) is 17.3 Å². The Morgan fingerprint density at radius 1 is 1.35 bits per heavy atom. The summed E-state index contributed by atoms with van der Waals surface area (Å²) in [5, 5.41) is 9.55. The first-order valence-electron chi connectivity index (χ1n) is 7.26. The number of ether oxygens (including phenoxy) is 1. The molecule has 5 atom stereocenters. The highest BCUT2D eigenvalue weighted by Crippen LogP contribution is 2.82. The smallest absolute Gasteiger partial charge is 0.240 e. The van der Waals surface area contributed by atoms with Gasteiger partial charge in [0.25, 0.3) is 0 Å². The Morgan fingerprint density at radius 3 is 2.65 bits per heavy atom. The number of hydrogen-bond acceptors (Lipinski definition) is 4. The van der Waals surface area contributed by atoms with Crippen molar-refractivity contribution in [2.45, 2.75) is 43.4 Å². The van der Waals surface area contributed by atoms with E-state index in [1.807, 2.05) is 26.0 Å². The molecule has 1 N–H and O–H groups in total. The Balaban J connectivity index is 1.65. The maximum Gasteiger partial charge on any atom is 0.240 e. The van der Waals surface area contributed by atoms with Crippen LogP contribution in [0.5, 0.6) is 0 Å². The fourth-order valence-corrected chi connectivity index (χ4v) is 5.31. The summed E-state index contributed by atoms with van der Waals surface area (Å²) < 4.78 is 6.07. The van der Waals surface area contributed by atoms with Crippen molar-refractivity contribution in [3.8, 4) is 0 Å². The molecule has 5 rings (SSSR count). The molecule has 5 unspecified atom stereocenters. The molecule has 20 heavy (non-hydrogen) atoms. The topological polar surface area (TPSA) is 66.8 Å². The third kappa shape index (κ3) is 0.791. The van der Waals surface area contributed by atoms with Gasteiger partial charge >= 0.3 is 0 Å². The summed E-state index contributed by atoms with van der Waals surface area (Å²) in [6.45, 7) is 3.76. The van der Waals surface area contributed by atoms with E-state index in [0.717, 1.165) is 12.8 Å². The van der Waals surface area contributed by atoms with Crippen molar-refractivity contribution in [2.75, 3.05) is 6.61 Å². The van der Waals surface area contributed by atoms with Crippen LogP contribution in [-0.2, 0) is 14.3 Å². The van der Waals surface area contributed by atoms with Crippen LogP contribution in [0.25, 0.3) is 0 Å². The van der Waals surface area contributed by atoms with Gasteiger partial charge in [-0.25, -0.2) is 0 Å². The lowest BCUT2D eigenvalue weighted by Crippen LogP contribution is -2.51. The molecule has 0 radical (unpaired) electrons. The summed E-state index contributed by atoms with van der Waals surface area (Å²) in [6.07, 6.45) is 5.40. The number of imide groups is 1. The van der Waals surface area contributed by atoms with Crippen molar-refractivity contribution in [3.63, 3.8) is 0 Å². The van der Waals surface area contributed by atoms with E-state index in [9.17, 15) is 14.7 Å². The van der Waals surface area contributed by atoms with Crippen LogP contribution in [0.1, 0.15) is 26.7 Å². The summed E-state index contributed by atoms with van der Waals surface area (Å²) in [4.78, 5) is 27.1. The van der Waals surface area contributed by atoms with E-state index in [0.29, 0.717) is 0 Å². The number of fused-ring (bicyclic) bond motifs is 4. The Bertz CT molecular complexity index is 623. The van der Waals surface area contributed by atoms with Gasteiger partial charge in [0.2, 0.25) is 11.8 Å². The summed E-state index contributed by atoms with van der Waals surface area (Å²) in [6, 6.07) is 0. The molecule has 0 aromatic heterocycles. The number of aliphatic hydroxyl groups excluding tert-OH is 1. The quantitative estimate of drug-likeness (QED) is 0.579. The van der Waals surface area contributed by atoms with Crippen LogP contribution in [0.2, 0.25) is 0 Å². The average Bonchev–Trinajstić information content (AvgIpc) is 3.25. The second-order valence-electron chi connectivity index (χ2n) is 7.41. The lowest BCUT2D eigenvalue weighted by molar-refractivity contribution is -0.149. The predicted octanol–water partition coefficient (Wildman–Crippen LogP) is 0.230. The molecule has 3 aliphatic heterocycles. The average molecular weight is 275 g/mol. The summed E-state index contributed by atoms with van der Waals surface area (Å²) in [5.74, 6) is -0.468. The van der Waals surface area contributed by atoms with Crippen LogP contribution in [0.3, 0.4) is 0 Å². The first-order valence-corrected chi connectivity index (χ1v) is 7.26. The summed E-state index contributed by atoms with van der Waals surface area (Å²) in [7, 11) is 0. The second-order valence-corrected chi connectivity index (χ2v) is 7.41. The van der Waals surface area contributed by atoms with Gasteiger partial charge in [-0.15, -0.1) is 0 Å². The van der Waals surface area contributed by atoms with Crippen LogP contribution in [0.15, 0.2) is 12.2 Å². The van der Waals surface area contributed by atoms with Gasteiger partial charge in [0.15, 0.2) is 0 Å². The van der Waals surface area contributed by atoms with E-state index in [4.69, 9.17) is 4.74 Å². The molecule has 1 spiro atoms. The highest BCUT2D eigenvalue weighted by Gasteiger charge is 2.94. The first kappa shape index (κ1) is 11.5. The van der Waals surface area contributed by atoms with E-state index >= 15 is 0 Å². The zero-order valence-corrected chi connectivity index (χ0v) is 11.5. The Labute approximate surface area is 116 Å². The molecule has 4 fully saturated rings. The number of likely N-dealkylation sites (tertiary alicyclic amines) is 1. The number of rotatable bonds is 2.